The van der Waals surface area contributed by atoms with Crippen molar-refractivity contribution in [2.24, 2.45) is 0 Å². The predicted molar refractivity (Wildman–Crippen MR) is 214 cm³/mol. The zero-order valence-corrected chi connectivity index (χ0v) is 33.2. The molecule has 0 unspecified atom stereocenters. The quantitative estimate of drug-likeness (QED) is 0.0865. The minimum absolute atomic E-state index is 0.190. The molecule has 16 heteroatoms. The van der Waals surface area contributed by atoms with Crippen LogP contribution in [0.2, 0.25) is 0 Å². The van der Waals surface area contributed by atoms with Crippen molar-refractivity contribution in [3.63, 3.8) is 0 Å². The lowest BCUT2D eigenvalue weighted by Gasteiger charge is -2.21. The molecule has 8 rings (SSSR count). The average Bonchev–Trinajstić information content (AvgIpc) is 3.23. The summed E-state index contributed by atoms with van der Waals surface area (Å²) in [5.74, 6) is -17.6. The van der Waals surface area contributed by atoms with Crippen molar-refractivity contribution in [2.75, 3.05) is 0 Å². The van der Waals surface area contributed by atoms with E-state index in [-0.39, 0.29) is 24.3 Å². The third kappa shape index (κ3) is 8.67. The minimum Gasteiger partial charge on any atom is -0.313 e. The van der Waals surface area contributed by atoms with E-state index in [0.717, 1.165) is 21.5 Å². The largest absolute Gasteiger partial charge is 0.313 e. The molecule has 0 saturated carbocycles. The Morgan fingerprint density at radius 3 is 0.790 bits per heavy atom. The topological polar surface area (TPSA) is 34.1 Å². The summed E-state index contributed by atoms with van der Waals surface area (Å²) in [7, 11) is -8.91. The van der Waals surface area contributed by atoms with E-state index in [1.165, 1.54) is 0 Å². The van der Waals surface area contributed by atoms with Gasteiger partial charge in [-0.25, -0.2) is 52.7 Å². The Kier molecular flexibility index (Phi) is 12.3. The molecule has 0 aliphatic carbocycles. The molecule has 0 N–H and O–H groups in total. The molecule has 0 fully saturated rings. The second kappa shape index (κ2) is 17.3. The normalized spacial score (nSPS) is 11.8. The number of rotatable bonds is 8. The van der Waals surface area contributed by atoms with Crippen LogP contribution in [-0.2, 0) is 21.5 Å². The molecule has 0 amide bonds. The molecular weight excluding hydrogens is 874 g/mol. The first-order chi connectivity index (χ1) is 29.4. The molecule has 0 radical (unpaired) electrons. The third-order valence-electron chi connectivity index (χ3n) is 9.95. The SMILES string of the molecule is O=P(Cc1ccc2ccccc2c1)(c1cc(F)c(F)cc1F)c1cc(F)c(F)cc1F.O=P(Cc1ccc2ccccc2c1)(c1cc(F)c(F)cc1F)c1cc(F)c(F)cc1F. The fraction of sp³-hybridized carbons (Fsp3) is 0.0435. The average molecular weight is 901 g/mol. The Bertz CT molecular complexity index is 2820. The highest BCUT2D eigenvalue weighted by atomic mass is 31.2. The van der Waals surface area contributed by atoms with Gasteiger partial charge in [-0.1, -0.05) is 84.9 Å². The number of hydrogen-bond donors (Lipinski definition) is 0. The molecule has 62 heavy (non-hydrogen) atoms. The Labute approximate surface area is 344 Å². The van der Waals surface area contributed by atoms with Crippen molar-refractivity contribution in [1.29, 1.82) is 0 Å². The van der Waals surface area contributed by atoms with E-state index in [4.69, 9.17) is 0 Å². The Morgan fingerprint density at radius 2 is 0.516 bits per heavy atom. The van der Waals surface area contributed by atoms with Gasteiger partial charge in [-0.2, -0.15) is 0 Å². The van der Waals surface area contributed by atoms with E-state index in [1.54, 1.807) is 72.8 Å². The van der Waals surface area contributed by atoms with E-state index < -0.39 is 118 Å². The summed E-state index contributed by atoms with van der Waals surface area (Å²) in [6.45, 7) is 0. The summed E-state index contributed by atoms with van der Waals surface area (Å²) in [4.78, 5) is 0. The van der Waals surface area contributed by atoms with Gasteiger partial charge in [0.2, 0.25) is 0 Å². The van der Waals surface area contributed by atoms with Crippen LogP contribution in [0.25, 0.3) is 21.5 Å². The maximum atomic E-state index is 14.6. The number of fused-ring (bicyclic) bond motifs is 2. The van der Waals surface area contributed by atoms with Crippen LogP contribution in [0.1, 0.15) is 11.1 Å². The van der Waals surface area contributed by atoms with Crippen LogP contribution in [0.4, 0.5) is 52.7 Å². The molecule has 0 atom stereocenters. The Balaban J connectivity index is 0.000000186. The second-order valence-corrected chi connectivity index (χ2v) is 19.5. The molecule has 0 aliphatic rings. The van der Waals surface area contributed by atoms with Crippen LogP contribution in [-0.4, -0.2) is 0 Å². The van der Waals surface area contributed by atoms with Crippen LogP contribution in [0.5, 0.6) is 0 Å². The summed E-state index contributed by atoms with van der Waals surface area (Å²) in [5.41, 5.74) is 0.714. The van der Waals surface area contributed by atoms with Gasteiger partial charge < -0.3 is 9.13 Å². The monoisotopic (exact) mass is 900 g/mol. The van der Waals surface area contributed by atoms with Crippen LogP contribution < -0.4 is 21.2 Å². The van der Waals surface area contributed by atoms with E-state index in [1.807, 2.05) is 12.1 Å². The third-order valence-corrected chi connectivity index (χ3v) is 16.1. The Hall–Kier alpha value is -6.10. The molecule has 8 aromatic rings. The standard InChI is InChI=1S/2C23H13F6OP/c2*24-16-8-20(28)22(10-18(16)26)31(30,23-11-19(27)17(25)9-21(23)29)12-13-5-6-14-3-1-2-4-15(14)7-13/h2*1-11H,12H2. The molecule has 0 bridgehead atoms. The van der Waals surface area contributed by atoms with Gasteiger partial charge in [-0.15, -0.1) is 0 Å². The molecule has 0 heterocycles. The molecule has 316 valence electrons. The first-order valence-corrected chi connectivity index (χ1v) is 21.9. The van der Waals surface area contributed by atoms with Gasteiger partial charge in [0.25, 0.3) is 0 Å². The van der Waals surface area contributed by atoms with Gasteiger partial charge in [0.1, 0.15) is 23.3 Å². The highest BCUT2D eigenvalue weighted by Crippen LogP contribution is 2.50. The predicted octanol–water partition coefficient (Wildman–Crippen LogP) is 12.4. The van der Waals surface area contributed by atoms with Crippen LogP contribution in [0, 0.1) is 69.8 Å². The number of halogens is 12. The zero-order valence-electron chi connectivity index (χ0n) is 31.4. The Morgan fingerprint density at radius 1 is 0.274 bits per heavy atom. The van der Waals surface area contributed by atoms with Gasteiger partial charge in [0, 0.05) is 36.6 Å². The minimum atomic E-state index is -4.46. The molecular formula is C46H26F12O2P2. The van der Waals surface area contributed by atoms with Crippen molar-refractivity contribution in [2.45, 2.75) is 12.3 Å². The first-order valence-electron chi connectivity index (χ1n) is 18.1. The van der Waals surface area contributed by atoms with Gasteiger partial charge in [0.05, 0.1) is 21.2 Å². The fourth-order valence-corrected chi connectivity index (χ4v) is 12.5. The highest BCUT2D eigenvalue weighted by molar-refractivity contribution is 7.78. The summed E-state index contributed by atoms with van der Waals surface area (Å²) in [6, 6.07) is 26.3. The van der Waals surface area contributed by atoms with Crippen molar-refractivity contribution < 1.29 is 61.8 Å². The van der Waals surface area contributed by atoms with E-state index in [9.17, 15) is 61.8 Å². The lowest BCUT2D eigenvalue weighted by atomic mass is 10.1. The maximum absolute atomic E-state index is 14.6. The zero-order chi connectivity index (χ0) is 44.7. The molecule has 0 aromatic heterocycles. The smallest absolute Gasteiger partial charge is 0.161 e. The lowest BCUT2D eigenvalue weighted by molar-refractivity contribution is 0.495. The van der Waals surface area contributed by atoms with Crippen LogP contribution in [0.3, 0.4) is 0 Å². The highest BCUT2D eigenvalue weighted by Gasteiger charge is 2.37. The summed E-state index contributed by atoms with van der Waals surface area (Å²) in [5, 5.41) is -0.0906. The molecule has 0 saturated heterocycles. The van der Waals surface area contributed by atoms with Crippen LogP contribution >= 0.6 is 14.3 Å². The second-order valence-electron chi connectivity index (χ2n) is 14.0. The van der Waals surface area contributed by atoms with Crippen molar-refractivity contribution >= 4 is 57.0 Å². The summed E-state index contributed by atoms with van der Waals surface area (Å²) < 4.78 is 196. The van der Waals surface area contributed by atoms with E-state index >= 15 is 0 Å². The van der Waals surface area contributed by atoms with Gasteiger partial charge in [-0.05, 0) is 56.9 Å². The molecule has 0 spiro atoms. The summed E-state index contributed by atoms with van der Waals surface area (Å²) in [6.07, 6.45) is -1.05. The van der Waals surface area contributed by atoms with E-state index in [2.05, 4.69) is 0 Å². The fourth-order valence-electron chi connectivity index (χ4n) is 6.94. The summed E-state index contributed by atoms with van der Waals surface area (Å²) >= 11 is 0. The van der Waals surface area contributed by atoms with Crippen LogP contribution in [0.15, 0.2) is 133 Å². The molecule has 0 aliphatic heterocycles. The first kappa shape index (κ1) is 44.0. The van der Waals surface area contributed by atoms with Gasteiger partial charge >= 0.3 is 0 Å². The number of hydrogen-bond acceptors (Lipinski definition) is 2. The van der Waals surface area contributed by atoms with Crippen molar-refractivity contribution in [3.8, 4) is 0 Å². The maximum Gasteiger partial charge on any atom is 0.161 e. The number of benzene rings is 8. The lowest BCUT2D eigenvalue weighted by Crippen LogP contribution is -2.25. The van der Waals surface area contributed by atoms with Gasteiger partial charge in [-0.3, -0.25) is 0 Å². The molecule has 2 nitrogen and oxygen atoms in total. The van der Waals surface area contributed by atoms with Gasteiger partial charge in [0.15, 0.2) is 60.8 Å². The molecule has 8 aromatic carbocycles. The van der Waals surface area contributed by atoms with Crippen molar-refractivity contribution in [3.05, 3.63) is 214 Å². The van der Waals surface area contributed by atoms with Crippen molar-refractivity contribution in [1.82, 2.24) is 0 Å². The van der Waals surface area contributed by atoms with E-state index in [0.29, 0.717) is 35.4 Å².